The van der Waals surface area contributed by atoms with E-state index in [9.17, 15) is 4.79 Å². The van der Waals surface area contributed by atoms with E-state index in [2.05, 4.69) is 5.32 Å². The van der Waals surface area contributed by atoms with E-state index in [1.54, 1.807) is 0 Å². The van der Waals surface area contributed by atoms with Crippen molar-refractivity contribution in [2.75, 3.05) is 0 Å². The molecule has 0 aliphatic heterocycles. The van der Waals surface area contributed by atoms with Gasteiger partial charge >= 0.3 is 6.03 Å². The van der Waals surface area contributed by atoms with Crippen molar-refractivity contribution in [2.24, 2.45) is 0 Å². The predicted octanol–water partition coefficient (Wildman–Crippen LogP) is 2.63. The Morgan fingerprint density at radius 2 is 1.57 bits per heavy atom. The van der Waals surface area contributed by atoms with Crippen molar-refractivity contribution in [3.63, 3.8) is 0 Å². The minimum absolute atomic E-state index is 0.0793. The molecular weight excluding hydrogens is 176 g/mol. The summed E-state index contributed by atoms with van der Waals surface area (Å²) >= 11 is 0. The largest absolute Gasteiger partial charge is 0.339 e. The van der Waals surface area contributed by atoms with Gasteiger partial charge in [-0.05, 0) is 41.0 Å². The summed E-state index contributed by atoms with van der Waals surface area (Å²) in [5, 5.41) is 4.13. The first-order chi connectivity index (χ1) is 6.40. The molecule has 1 radical (unpaired) electrons. The third-order valence-corrected chi connectivity index (χ3v) is 2.26. The van der Waals surface area contributed by atoms with Crippen LogP contribution in [0.5, 0.6) is 0 Å². The third kappa shape index (κ3) is 3.99. The highest BCUT2D eigenvalue weighted by molar-refractivity contribution is 5.74. The van der Waals surface area contributed by atoms with Crippen LogP contribution in [0.1, 0.15) is 48.0 Å². The summed E-state index contributed by atoms with van der Waals surface area (Å²) in [5.74, 6) is 0. The molecule has 0 N–H and O–H groups in total. The Kier molecular flexibility index (Phi) is 5.58. The maximum Gasteiger partial charge on any atom is 0.339 e. The third-order valence-electron chi connectivity index (χ3n) is 2.26. The first kappa shape index (κ1) is 13.3. The highest BCUT2D eigenvalue weighted by Gasteiger charge is 2.21. The molecular formula is C11H23N2O. The van der Waals surface area contributed by atoms with Gasteiger partial charge in [0.2, 0.25) is 0 Å². The van der Waals surface area contributed by atoms with Crippen molar-refractivity contribution in [3.8, 4) is 0 Å². The van der Waals surface area contributed by atoms with Crippen molar-refractivity contribution in [2.45, 2.75) is 66.1 Å². The lowest BCUT2D eigenvalue weighted by molar-refractivity contribution is 0.160. The van der Waals surface area contributed by atoms with E-state index in [1.807, 2.05) is 46.4 Å². The maximum absolute atomic E-state index is 11.8. The predicted molar refractivity (Wildman–Crippen MR) is 59.4 cm³/mol. The fraction of sp³-hybridized carbons (Fsp3) is 0.909. The Balaban J connectivity index is 4.30. The van der Waals surface area contributed by atoms with E-state index in [0.717, 1.165) is 6.42 Å². The molecule has 0 aromatic rings. The van der Waals surface area contributed by atoms with E-state index in [0.29, 0.717) is 0 Å². The van der Waals surface area contributed by atoms with E-state index >= 15 is 0 Å². The molecule has 0 saturated carbocycles. The van der Waals surface area contributed by atoms with E-state index in [-0.39, 0.29) is 24.2 Å². The quantitative estimate of drug-likeness (QED) is 0.685. The zero-order chi connectivity index (χ0) is 11.3. The topological polar surface area (TPSA) is 34.4 Å². The van der Waals surface area contributed by atoms with Gasteiger partial charge in [-0.2, -0.15) is 0 Å². The molecule has 0 fully saturated rings. The molecule has 0 aliphatic rings. The maximum atomic E-state index is 11.8. The smallest absolute Gasteiger partial charge is 0.318 e. The van der Waals surface area contributed by atoms with Crippen LogP contribution in [0.4, 0.5) is 4.79 Å². The molecule has 1 atom stereocenters. The summed E-state index contributed by atoms with van der Waals surface area (Å²) in [4.78, 5) is 13.6. The van der Waals surface area contributed by atoms with E-state index < -0.39 is 0 Å². The van der Waals surface area contributed by atoms with Gasteiger partial charge in [0.05, 0.1) is 6.04 Å². The standard InChI is InChI=1S/C11H23N2O/c1-7-10(6)12-11(14)13(8(2)3)9(4)5/h8-10H,7H2,1-6H3. The van der Waals surface area contributed by atoms with E-state index in [1.165, 1.54) is 0 Å². The SMILES string of the molecule is CCC(C)[N]C(=O)N(C(C)C)C(C)C. The number of hydrogen-bond acceptors (Lipinski definition) is 1. The summed E-state index contributed by atoms with van der Waals surface area (Å²) in [6.07, 6.45) is 0.912. The summed E-state index contributed by atoms with van der Waals surface area (Å²) in [7, 11) is 0. The van der Waals surface area contributed by atoms with Gasteiger partial charge in [0, 0.05) is 12.1 Å². The minimum Gasteiger partial charge on any atom is -0.318 e. The van der Waals surface area contributed by atoms with Crippen molar-refractivity contribution in [1.29, 1.82) is 0 Å². The van der Waals surface area contributed by atoms with Gasteiger partial charge in [-0.1, -0.05) is 6.92 Å². The number of urea groups is 1. The van der Waals surface area contributed by atoms with Crippen LogP contribution in [0.3, 0.4) is 0 Å². The Hall–Kier alpha value is -0.730. The van der Waals surface area contributed by atoms with Gasteiger partial charge < -0.3 is 4.90 Å². The zero-order valence-electron chi connectivity index (χ0n) is 10.2. The van der Waals surface area contributed by atoms with Crippen LogP contribution < -0.4 is 5.32 Å². The number of carbonyl (C=O) groups is 1. The van der Waals surface area contributed by atoms with Gasteiger partial charge in [0.25, 0.3) is 0 Å². The first-order valence-corrected chi connectivity index (χ1v) is 5.43. The van der Waals surface area contributed by atoms with Crippen LogP contribution in [-0.2, 0) is 0 Å². The minimum atomic E-state index is -0.0793. The average Bonchev–Trinajstić information content (AvgIpc) is 2.02. The number of rotatable bonds is 4. The van der Waals surface area contributed by atoms with E-state index in [4.69, 9.17) is 0 Å². The van der Waals surface area contributed by atoms with Crippen LogP contribution in [0, 0.1) is 0 Å². The summed E-state index contributed by atoms with van der Waals surface area (Å²) in [5.41, 5.74) is 0. The Morgan fingerprint density at radius 3 is 1.86 bits per heavy atom. The molecule has 2 amide bonds. The second kappa shape index (κ2) is 5.89. The average molecular weight is 199 g/mol. The summed E-state index contributed by atoms with van der Waals surface area (Å²) < 4.78 is 0. The molecule has 3 heteroatoms. The van der Waals surface area contributed by atoms with Crippen LogP contribution in [0.15, 0.2) is 0 Å². The van der Waals surface area contributed by atoms with Gasteiger partial charge in [0.1, 0.15) is 0 Å². The highest BCUT2D eigenvalue weighted by Crippen LogP contribution is 2.06. The second-order valence-electron chi connectivity index (χ2n) is 4.26. The lowest BCUT2D eigenvalue weighted by Gasteiger charge is -2.30. The molecule has 0 bridgehead atoms. The summed E-state index contributed by atoms with van der Waals surface area (Å²) in [6, 6.07) is 0.484. The fourth-order valence-corrected chi connectivity index (χ4v) is 1.38. The second-order valence-corrected chi connectivity index (χ2v) is 4.26. The Bertz CT molecular complexity index is 170. The van der Waals surface area contributed by atoms with Gasteiger partial charge in [-0.3, -0.25) is 0 Å². The molecule has 0 aromatic carbocycles. The molecule has 83 valence electrons. The number of amides is 2. The molecule has 14 heavy (non-hydrogen) atoms. The summed E-state index contributed by atoms with van der Waals surface area (Å²) in [6.45, 7) is 12.1. The molecule has 0 heterocycles. The number of nitrogens with zero attached hydrogens (tertiary/aromatic N) is 2. The zero-order valence-corrected chi connectivity index (χ0v) is 10.2. The lowest BCUT2D eigenvalue weighted by Crippen LogP contribution is -2.46. The van der Waals surface area contributed by atoms with Crippen LogP contribution in [-0.4, -0.2) is 29.1 Å². The monoisotopic (exact) mass is 199 g/mol. The van der Waals surface area contributed by atoms with Crippen molar-refractivity contribution in [3.05, 3.63) is 0 Å². The van der Waals surface area contributed by atoms with Gasteiger partial charge in [-0.25, -0.2) is 10.1 Å². The Morgan fingerprint density at radius 1 is 1.14 bits per heavy atom. The highest BCUT2D eigenvalue weighted by atomic mass is 16.2. The molecule has 0 rings (SSSR count). The number of carbonyl (C=O) groups excluding carboxylic acids is 1. The Labute approximate surface area is 87.9 Å². The molecule has 3 nitrogen and oxygen atoms in total. The van der Waals surface area contributed by atoms with Crippen molar-refractivity contribution >= 4 is 6.03 Å². The number of hydrogen-bond donors (Lipinski definition) is 0. The van der Waals surface area contributed by atoms with Gasteiger partial charge in [0.15, 0.2) is 0 Å². The molecule has 1 unspecified atom stereocenters. The van der Waals surface area contributed by atoms with Crippen molar-refractivity contribution < 1.29 is 4.79 Å². The lowest BCUT2D eigenvalue weighted by atomic mass is 10.2. The van der Waals surface area contributed by atoms with Crippen molar-refractivity contribution in [1.82, 2.24) is 10.2 Å². The molecule has 0 aromatic heterocycles. The fourth-order valence-electron chi connectivity index (χ4n) is 1.38. The molecule has 0 saturated heterocycles. The molecule has 0 aliphatic carbocycles. The first-order valence-electron chi connectivity index (χ1n) is 5.43. The normalized spacial score (nSPS) is 13.1. The molecule has 0 spiro atoms. The van der Waals surface area contributed by atoms with Crippen LogP contribution >= 0.6 is 0 Å². The van der Waals surface area contributed by atoms with Crippen LogP contribution in [0.2, 0.25) is 0 Å². The van der Waals surface area contributed by atoms with Crippen LogP contribution in [0.25, 0.3) is 0 Å². The van der Waals surface area contributed by atoms with Gasteiger partial charge in [-0.15, -0.1) is 0 Å².